The lowest BCUT2D eigenvalue weighted by Crippen LogP contribution is -1.91. The molecule has 0 saturated heterocycles. The molecule has 0 atom stereocenters. The molecule has 6 heteroatoms. The molecule has 0 amide bonds. The molecule has 2 aromatic rings. The molecule has 0 fully saturated rings. The van der Waals surface area contributed by atoms with Crippen LogP contribution < -0.4 is 0 Å². The smallest absolute Gasteiger partial charge is 0.168 e. The van der Waals surface area contributed by atoms with E-state index in [0.717, 1.165) is 21.9 Å². The van der Waals surface area contributed by atoms with Gasteiger partial charge in [0.2, 0.25) is 0 Å². The molecule has 0 N–H and O–H groups in total. The average Bonchev–Trinajstić information content (AvgIpc) is 2.58. The van der Waals surface area contributed by atoms with Crippen LogP contribution in [0.3, 0.4) is 0 Å². The summed E-state index contributed by atoms with van der Waals surface area (Å²) in [5, 5.41) is 10.4. The van der Waals surface area contributed by atoms with E-state index in [9.17, 15) is 0 Å². The van der Waals surface area contributed by atoms with E-state index in [2.05, 4.69) is 11.1 Å². The molecule has 0 aliphatic heterocycles. The molecule has 0 unspecified atom stereocenters. The van der Waals surface area contributed by atoms with Crippen molar-refractivity contribution in [3.8, 4) is 6.07 Å². The Morgan fingerprint density at radius 1 is 1.41 bits per heavy atom. The van der Waals surface area contributed by atoms with Crippen LogP contribution in [0.5, 0.6) is 0 Å². The Labute approximate surface area is 113 Å². The topological polar surface area (TPSA) is 41.6 Å². The van der Waals surface area contributed by atoms with Gasteiger partial charge in [-0.05, 0) is 12.1 Å². The fraction of sp³-hybridized carbons (Fsp3) is 0.273. The third-order valence-corrected chi connectivity index (χ3v) is 4.08. The van der Waals surface area contributed by atoms with Gasteiger partial charge in [-0.15, -0.1) is 0 Å². The minimum Gasteiger partial charge on any atom is -0.322 e. The highest BCUT2D eigenvalue weighted by Gasteiger charge is 2.10. The molecule has 0 saturated carbocycles. The minimum atomic E-state index is 0.505. The highest BCUT2D eigenvalue weighted by atomic mass is 35.5. The summed E-state index contributed by atoms with van der Waals surface area (Å²) >= 11 is 13.5. The van der Waals surface area contributed by atoms with Crippen molar-refractivity contribution in [2.24, 2.45) is 7.05 Å². The van der Waals surface area contributed by atoms with Crippen molar-refractivity contribution in [3.63, 3.8) is 0 Å². The van der Waals surface area contributed by atoms with Gasteiger partial charge in [-0.1, -0.05) is 35.0 Å². The highest BCUT2D eigenvalue weighted by molar-refractivity contribution is 7.99. The molecular formula is C11H9Cl2N3S. The van der Waals surface area contributed by atoms with Gasteiger partial charge in [-0.2, -0.15) is 5.26 Å². The number of imidazole rings is 1. The summed E-state index contributed by atoms with van der Waals surface area (Å²) in [5.41, 5.74) is 1.76. The maximum Gasteiger partial charge on any atom is 0.168 e. The van der Waals surface area contributed by atoms with E-state index >= 15 is 0 Å². The quantitative estimate of drug-likeness (QED) is 0.635. The fourth-order valence-electron chi connectivity index (χ4n) is 1.48. The van der Waals surface area contributed by atoms with E-state index in [1.54, 1.807) is 23.9 Å². The van der Waals surface area contributed by atoms with Crippen LogP contribution in [0.4, 0.5) is 0 Å². The molecule has 0 aliphatic rings. The van der Waals surface area contributed by atoms with Gasteiger partial charge in [0.25, 0.3) is 0 Å². The third kappa shape index (κ3) is 2.52. The summed E-state index contributed by atoms with van der Waals surface area (Å²) in [6.45, 7) is 0. The lowest BCUT2D eigenvalue weighted by Gasteiger charge is -2.00. The predicted molar refractivity (Wildman–Crippen MR) is 71.7 cm³/mol. The lowest BCUT2D eigenvalue weighted by molar-refractivity contribution is 0.815. The van der Waals surface area contributed by atoms with E-state index in [4.69, 9.17) is 28.5 Å². The number of nitrogens with zero attached hydrogens (tertiary/aromatic N) is 3. The zero-order chi connectivity index (χ0) is 12.4. The van der Waals surface area contributed by atoms with Crippen molar-refractivity contribution in [1.29, 1.82) is 5.26 Å². The Kier molecular flexibility index (Phi) is 3.82. The monoisotopic (exact) mass is 285 g/mol. The SMILES string of the molecule is Cn1c(SCCC#N)nc2cc(Cl)c(Cl)cc21. The van der Waals surface area contributed by atoms with E-state index in [-0.39, 0.29) is 0 Å². The molecular weight excluding hydrogens is 277 g/mol. The summed E-state index contributed by atoms with van der Waals surface area (Å²) in [5.74, 6) is 0.731. The largest absolute Gasteiger partial charge is 0.322 e. The zero-order valence-corrected chi connectivity index (χ0v) is 11.4. The molecule has 1 aromatic carbocycles. The second-order valence-corrected chi connectivity index (χ2v) is 5.34. The Hall–Kier alpha value is -0.890. The molecule has 3 nitrogen and oxygen atoms in total. The number of nitriles is 1. The maximum atomic E-state index is 8.50. The van der Waals surface area contributed by atoms with Gasteiger partial charge in [0.1, 0.15) is 0 Å². The second-order valence-electron chi connectivity index (χ2n) is 3.47. The first-order chi connectivity index (χ1) is 8.13. The number of hydrogen-bond acceptors (Lipinski definition) is 3. The van der Waals surface area contributed by atoms with Gasteiger partial charge in [-0.3, -0.25) is 0 Å². The number of halogens is 2. The average molecular weight is 286 g/mol. The van der Waals surface area contributed by atoms with Crippen LogP contribution in [0.25, 0.3) is 11.0 Å². The van der Waals surface area contributed by atoms with Crippen molar-refractivity contribution in [2.75, 3.05) is 5.75 Å². The van der Waals surface area contributed by atoms with Crippen molar-refractivity contribution in [2.45, 2.75) is 11.6 Å². The summed E-state index contributed by atoms with van der Waals surface area (Å²) in [4.78, 5) is 4.46. The summed E-state index contributed by atoms with van der Waals surface area (Å²) in [6.07, 6.45) is 0.509. The second kappa shape index (κ2) is 5.18. The van der Waals surface area contributed by atoms with Crippen LogP contribution in [0.2, 0.25) is 10.0 Å². The van der Waals surface area contributed by atoms with Crippen molar-refractivity contribution >= 4 is 46.0 Å². The molecule has 1 heterocycles. The number of hydrogen-bond donors (Lipinski definition) is 0. The molecule has 17 heavy (non-hydrogen) atoms. The normalized spacial score (nSPS) is 10.7. The van der Waals surface area contributed by atoms with Crippen molar-refractivity contribution in [3.05, 3.63) is 22.2 Å². The van der Waals surface area contributed by atoms with E-state index < -0.39 is 0 Å². The first-order valence-corrected chi connectivity index (χ1v) is 6.69. The number of aryl methyl sites for hydroxylation is 1. The van der Waals surface area contributed by atoms with Crippen LogP contribution in [0.15, 0.2) is 17.3 Å². The standard InChI is InChI=1S/C11H9Cl2N3S/c1-16-10-6-8(13)7(12)5-9(10)15-11(16)17-4-2-3-14/h5-6H,2,4H2,1H3. The molecule has 0 radical (unpaired) electrons. The van der Waals surface area contributed by atoms with Crippen molar-refractivity contribution in [1.82, 2.24) is 9.55 Å². The zero-order valence-electron chi connectivity index (χ0n) is 9.07. The molecule has 1 aromatic heterocycles. The first-order valence-electron chi connectivity index (χ1n) is 4.94. The maximum absolute atomic E-state index is 8.50. The molecule has 0 aliphatic carbocycles. The Bertz CT molecular complexity index is 601. The highest BCUT2D eigenvalue weighted by Crippen LogP contribution is 2.30. The Morgan fingerprint density at radius 3 is 2.82 bits per heavy atom. The van der Waals surface area contributed by atoms with Gasteiger partial charge in [0.05, 0.1) is 27.1 Å². The van der Waals surface area contributed by atoms with Crippen LogP contribution in [0, 0.1) is 11.3 Å². The van der Waals surface area contributed by atoms with E-state index in [1.165, 1.54) is 0 Å². The van der Waals surface area contributed by atoms with Gasteiger partial charge < -0.3 is 4.57 Å². The number of rotatable bonds is 3. The van der Waals surface area contributed by atoms with Gasteiger partial charge in [0.15, 0.2) is 5.16 Å². The van der Waals surface area contributed by atoms with Gasteiger partial charge >= 0.3 is 0 Å². The number of thioether (sulfide) groups is 1. The minimum absolute atomic E-state index is 0.505. The number of benzene rings is 1. The Balaban J connectivity index is 2.39. The van der Waals surface area contributed by atoms with E-state index in [0.29, 0.717) is 16.5 Å². The number of fused-ring (bicyclic) bond motifs is 1. The number of aromatic nitrogens is 2. The van der Waals surface area contributed by atoms with Crippen LogP contribution in [-0.4, -0.2) is 15.3 Å². The van der Waals surface area contributed by atoms with E-state index in [1.807, 2.05) is 11.6 Å². The summed E-state index contributed by atoms with van der Waals surface area (Å²) < 4.78 is 1.96. The fourth-order valence-corrected chi connectivity index (χ4v) is 2.63. The summed E-state index contributed by atoms with van der Waals surface area (Å²) in [6, 6.07) is 5.67. The predicted octanol–water partition coefficient (Wildman–Crippen LogP) is 3.89. The van der Waals surface area contributed by atoms with Crippen LogP contribution in [0.1, 0.15) is 6.42 Å². The lowest BCUT2D eigenvalue weighted by atomic mass is 10.3. The molecule has 0 spiro atoms. The summed E-state index contributed by atoms with van der Waals surface area (Å²) in [7, 11) is 1.92. The van der Waals surface area contributed by atoms with Crippen LogP contribution in [-0.2, 0) is 7.05 Å². The third-order valence-electron chi connectivity index (χ3n) is 2.33. The molecule has 88 valence electrons. The van der Waals surface area contributed by atoms with Gasteiger partial charge in [0, 0.05) is 19.2 Å². The first kappa shape index (κ1) is 12.6. The van der Waals surface area contributed by atoms with Crippen LogP contribution >= 0.6 is 35.0 Å². The Morgan fingerprint density at radius 2 is 2.12 bits per heavy atom. The molecule has 2 rings (SSSR count). The molecule has 0 bridgehead atoms. The van der Waals surface area contributed by atoms with Crippen molar-refractivity contribution < 1.29 is 0 Å². The van der Waals surface area contributed by atoms with Gasteiger partial charge in [-0.25, -0.2) is 4.98 Å².